The Kier molecular flexibility index (Phi) is 4.12. The van der Waals surface area contributed by atoms with Gasteiger partial charge in [0.2, 0.25) is 0 Å². The molecule has 17 heavy (non-hydrogen) atoms. The predicted molar refractivity (Wildman–Crippen MR) is 65.6 cm³/mol. The lowest BCUT2D eigenvalue weighted by molar-refractivity contribution is 0.0624. The van der Waals surface area contributed by atoms with E-state index in [1.54, 1.807) is 12.1 Å². The number of nitrogens with two attached hydrogens (primary N) is 1. The van der Waals surface area contributed by atoms with E-state index in [1.807, 2.05) is 12.1 Å². The molecule has 1 aliphatic heterocycles. The van der Waals surface area contributed by atoms with Crippen molar-refractivity contribution in [2.75, 3.05) is 13.2 Å². The molecule has 1 aliphatic rings. The fraction of sp³-hybridized carbons (Fsp3) is 0.462. The third-order valence-corrected chi connectivity index (χ3v) is 2.95. The van der Waals surface area contributed by atoms with E-state index in [0.29, 0.717) is 18.7 Å². The van der Waals surface area contributed by atoms with E-state index >= 15 is 0 Å². The van der Waals surface area contributed by atoms with Crippen LogP contribution in [0.2, 0.25) is 0 Å². The molecule has 1 amide bonds. The highest BCUT2D eigenvalue weighted by Crippen LogP contribution is 2.08. The van der Waals surface area contributed by atoms with E-state index in [4.69, 9.17) is 10.5 Å². The summed E-state index contributed by atoms with van der Waals surface area (Å²) in [6.45, 7) is 1.92. The summed E-state index contributed by atoms with van der Waals surface area (Å²) in [5, 5.41) is 2.98. The van der Waals surface area contributed by atoms with Gasteiger partial charge in [0.25, 0.3) is 5.91 Å². The number of carbonyl (C=O) groups excluding carboxylic acids is 1. The number of nitrogens with one attached hydrogen (secondary N) is 1. The smallest absolute Gasteiger partial charge is 0.251 e. The lowest BCUT2D eigenvalue weighted by Gasteiger charge is -2.23. The zero-order valence-electron chi connectivity index (χ0n) is 9.82. The second-order valence-electron chi connectivity index (χ2n) is 4.29. The van der Waals surface area contributed by atoms with Crippen LogP contribution < -0.4 is 11.1 Å². The first-order valence-electron chi connectivity index (χ1n) is 5.97. The Bertz CT molecular complexity index is 370. The van der Waals surface area contributed by atoms with Crippen LogP contribution in [0.4, 0.5) is 0 Å². The van der Waals surface area contributed by atoms with Gasteiger partial charge in [-0.15, -0.1) is 0 Å². The van der Waals surface area contributed by atoms with Gasteiger partial charge in [0, 0.05) is 18.7 Å². The van der Waals surface area contributed by atoms with Crippen molar-refractivity contribution in [3.8, 4) is 0 Å². The monoisotopic (exact) mass is 234 g/mol. The molecule has 0 spiro atoms. The van der Waals surface area contributed by atoms with Crippen LogP contribution >= 0.6 is 0 Å². The van der Waals surface area contributed by atoms with Crippen molar-refractivity contribution in [1.82, 2.24) is 5.32 Å². The molecule has 0 aliphatic carbocycles. The fourth-order valence-electron chi connectivity index (χ4n) is 1.92. The molecule has 1 unspecified atom stereocenters. The van der Waals surface area contributed by atoms with Crippen LogP contribution in [0.3, 0.4) is 0 Å². The summed E-state index contributed by atoms with van der Waals surface area (Å²) in [7, 11) is 0. The number of ether oxygens (including phenoxy) is 1. The minimum absolute atomic E-state index is 0.0379. The maximum atomic E-state index is 11.9. The number of amides is 1. The molecule has 0 bridgehead atoms. The van der Waals surface area contributed by atoms with Crippen LogP contribution in [-0.2, 0) is 11.3 Å². The number of rotatable bonds is 3. The largest absolute Gasteiger partial charge is 0.379 e. The zero-order chi connectivity index (χ0) is 12.1. The number of hydrogen-bond donors (Lipinski definition) is 2. The van der Waals surface area contributed by atoms with E-state index in [1.165, 1.54) is 0 Å². The molecule has 1 aromatic rings. The van der Waals surface area contributed by atoms with Crippen LogP contribution in [0.25, 0.3) is 0 Å². The van der Waals surface area contributed by atoms with Gasteiger partial charge in [-0.3, -0.25) is 4.79 Å². The average molecular weight is 234 g/mol. The van der Waals surface area contributed by atoms with Crippen molar-refractivity contribution in [1.29, 1.82) is 0 Å². The van der Waals surface area contributed by atoms with Crippen LogP contribution in [0.15, 0.2) is 24.3 Å². The highest BCUT2D eigenvalue weighted by atomic mass is 16.5. The maximum Gasteiger partial charge on any atom is 0.251 e. The summed E-state index contributed by atoms with van der Waals surface area (Å²) < 4.78 is 5.32. The van der Waals surface area contributed by atoms with Gasteiger partial charge in [0.15, 0.2) is 0 Å². The first kappa shape index (κ1) is 12.1. The Hall–Kier alpha value is -1.39. The molecule has 1 fully saturated rings. The molecular weight excluding hydrogens is 216 g/mol. The van der Waals surface area contributed by atoms with Crippen molar-refractivity contribution < 1.29 is 9.53 Å². The number of carbonyl (C=O) groups is 1. The minimum atomic E-state index is -0.0379. The van der Waals surface area contributed by atoms with Gasteiger partial charge in [-0.05, 0) is 30.5 Å². The second kappa shape index (κ2) is 5.80. The Morgan fingerprint density at radius 2 is 2.18 bits per heavy atom. The molecule has 1 aromatic carbocycles. The maximum absolute atomic E-state index is 11.9. The summed E-state index contributed by atoms with van der Waals surface area (Å²) in [5.74, 6) is -0.0379. The van der Waals surface area contributed by atoms with Gasteiger partial charge in [0.1, 0.15) is 0 Å². The van der Waals surface area contributed by atoms with Crippen LogP contribution in [0.5, 0.6) is 0 Å². The Morgan fingerprint density at radius 1 is 1.41 bits per heavy atom. The summed E-state index contributed by atoms with van der Waals surface area (Å²) in [6.07, 6.45) is 2.00. The normalized spacial score (nSPS) is 19.9. The van der Waals surface area contributed by atoms with E-state index in [0.717, 1.165) is 25.0 Å². The Balaban J connectivity index is 1.93. The first-order valence-corrected chi connectivity index (χ1v) is 5.97. The third kappa shape index (κ3) is 3.28. The molecule has 1 atom stereocenters. The summed E-state index contributed by atoms with van der Waals surface area (Å²) in [6, 6.07) is 7.52. The van der Waals surface area contributed by atoms with Crippen molar-refractivity contribution in [3.05, 3.63) is 35.4 Å². The molecule has 1 heterocycles. The van der Waals surface area contributed by atoms with Gasteiger partial charge >= 0.3 is 0 Å². The highest BCUT2D eigenvalue weighted by Gasteiger charge is 2.16. The Morgan fingerprint density at radius 3 is 2.76 bits per heavy atom. The standard InChI is InChI=1S/C13H18N2O2/c14-8-10-3-5-11(6-4-10)13(16)15-12-2-1-7-17-9-12/h3-6,12H,1-2,7-9,14H2,(H,15,16). The molecule has 92 valence electrons. The molecule has 3 N–H and O–H groups in total. The molecule has 0 radical (unpaired) electrons. The third-order valence-electron chi connectivity index (χ3n) is 2.95. The van der Waals surface area contributed by atoms with Crippen LogP contribution in [0.1, 0.15) is 28.8 Å². The van der Waals surface area contributed by atoms with Crippen LogP contribution in [-0.4, -0.2) is 25.2 Å². The second-order valence-corrected chi connectivity index (χ2v) is 4.29. The van der Waals surface area contributed by atoms with Gasteiger partial charge in [-0.1, -0.05) is 12.1 Å². The molecule has 4 heteroatoms. The van der Waals surface area contributed by atoms with Crippen molar-refractivity contribution in [2.45, 2.75) is 25.4 Å². The van der Waals surface area contributed by atoms with Crippen molar-refractivity contribution >= 4 is 5.91 Å². The summed E-state index contributed by atoms with van der Waals surface area (Å²) in [4.78, 5) is 11.9. The van der Waals surface area contributed by atoms with E-state index in [9.17, 15) is 4.79 Å². The number of hydrogen-bond acceptors (Lipinski definition) is 3. The summed E-state index contributed by atoms with van der Waals surface area (Å²) in [5.41, 5.74) is 7.21. The minimum Gasteiger partial charge on any atom is -0.379 e. The number of benzene rings is 1. The molecule has 2 rings (SSSR count). The first-order chi connectivity index (χ1) is 8.29. The average Bonchev–Trinajstić information content (AvgIpc) is 2.40. The molecule has 1 saturated heterocycles. The zero-order valence-corrected chi connectivity index (χ0v) is 9.82. The summed E-state index contributed by atoms with van der Waals surface area (Å²) >= 11 is 0. The molecule has 4 nitrogen and oxygen atoms in total. The Labute approximate surface area is 101 Å². The fourth-order valence-corrected chi connectivity index (χ4v) is 1.92. The SMILES string of the molecule is NCc1ccc(C(=O)NC2CCCOC2)cc1. The molecular formula is C13H18N2O2. The lowest BCUT2D eigenvalue weighted by Crippen LogP contribution is -2.40. The van der Waals surface area contributed by atoms with Gasteiger partial charge < -0.3 is 15.8 Å². The van der Waals surface area contributed by atoms with Gasteiger partial charge in [0.05, 0.1) is 12.6 Å². The highest BCUT2D eigenvalue weighted by molar-refractivity contribution is 5.94. The van der Waals surface area contributed by atoms with Crippen LogP contribution in [0, 0.1) is 0 Å². The molecule has 0 aromatic heterocycles. The predicted octanol–water partition coefficient (Wildman–Crippen LogP) is 1.05. The van der Waals surface area contributed by atoms with E-state index < -0.39 is 0 Å². The topological polar surface area (TPSA) is 64.4 Å². The van der Waals surface area contributed by atoms with Crippen molar-refractivity contribution in [2.24, 2.45) is 5.73 Å². The van der Waals surface area contributed by atoms with Gasteiger partial charge in [-0.2, -0.15) is 0 Å². The van der Waals surface area contributed by atoms with Gasteiger partial charge in [-0.25, -0.2) is 0 Å². The molecule has 0 saturated carbocycles. The quantitative estimate of drug-likeness (QED) is 0.821. The van der Waals surface area contributed by atoms with E-state index in [-0.39, 0.29) is 11.9 Å². The van der Waals surface area contributed by atoms with Crippen molar-refractivity contribution in [3.63, 3.8) is 0 Å². The lowest BCUT2D eigenvalue weighted by atomic mass is 10.1. The van der Waals surface area contributed by atoms with E-state index in [2.05, 4.69) is 5.32 Å².